The molecule has 2 aromatic carbocycles. The van der Waals surface area contributed by atoms with E-state index in [-0.39, 0.29) is 45.5 Å². The molecule has 29 heavy (non-hydrogen) atoms. The number of ketones is 3. The summed E-state index contributed by atoms with van der Waals surface area (Å²) in [6.45, 7) is 0. The Hall–Kier alpha value is -3.18. The number of nitrogens with one attached hydrogen (secondary N) is 1. The van der Waals surface area contributed by atoms with Crippen molar-refractivity contribution >= 4 is 29.0 Å². The van der Waals surface area contributed by atoms with Crippen LogP contribution in [0.25, 0.3) is 0 Å². The quantitative estimate of drug-likeness (QED) is 0.747. The number of halogens is 1. The van der Waals surface area contributed by atoms with Crippen molar-refractivity contribution in [3.05, 3.63) is 86.7 Å². The van der Waals surface area contributed by atoms with Gasteiger partial charge in [-0.1, -0.05) is 23.7 Å². The lowest BCUT2D eigenvalue weighted by molar-refractivity contribution is -0.116. The molecular weight excluding hydrogens is 390 g/mol. The van der Waals surface area contributed by atoms with Crippen molar-refractivity contribution in [2.75, 3.05) is 0 Å². The summed E-state index contributed by atoms with van der Waals surface area (Å²) < 4.78 is 0. The first-order chi connectivity index (χ1) is 14.0. The van der Waals surface area contributed by atoms with Crippen molar-refractivity contribution < 1.29 is 19.5 Å². The summed E-state index contributed by atoms with van der Waals surface area (Å²) in [7, 11) is 0. The summed E-state index contributed by atoms with van der Waals surface area (Å²) in [6.07, 6.45) is 1.75. The molecule has 0 saturated carbocycles. The predicted molar refractivity (Wildman–Crippen MR) is 107 cm³/mol. The van der Waals surface area contributed by atoms with Crippen molar-refractivity contribution in [2.45, 2.75) is 25.2 Å². The van der Waals surface area contributed by atoms with E-state index in [0.29, 0.717) is 35.6 Å². The molecule has 1 unspecified atom stereocenters. The zero-order chi connectivity index (χ0) is 20.3. The molecule has 1 aliphatic heterocycles. The number of phenolic OH excluding ortho intramolecular Hbond substituents is 1. The second-order valence-corrected chi connectivity index (χ2v) is 7.89. The van der Waals surface area contributed by atoms with E-state index in [0.717, 1.165) is 5.56 Å². The van der Waals surface area contributed by atoms with E-state index < -0.39 is 5.92 Å². The number of fused-ring (bicyclic) bond motifs is 1. The molecule has 0 radical (unpaired) electrons. The maximum absolute atomic E-state index is 13.4. The van der Waals surface area contributed by atoms with Gasteiger partial charge in [0.15, 0.2) is 11.6 Å². The zero-order valence-electron chi connectivity index (χ0n) is 15.3. The van der Waals surface area contributed by atoms with E-state index >= 15 is 0 Å². The van der Waals surface area contributed by atoms with Gasteiger partial charge < -0.3 is 10.4 Å². The molecule has 2 aromatic rings. The molecule has 1 atom stereocenters. The lowest BCUT2D eigenvalue weighted by Crippen LogP contribution is -2.40. The first kappa shape index (κ1) is 17.9. The molecule has 5 nitrogen and oxygen atoms in total. The highest BCUT2D eigenvalue weighted by atomic mass is 35.5. The standard InChI is InChI=1S/C23H16ClNO4/c24-12-6-4-11(5-7-12)18-19-16(2-1-3-17(19)27)25-21-20(18)22(28)14-9-8-13(26)10-15(14)23(21)29/h4-10,18,25-26H,1-3H2. The Morgan fingerprint density at radius 2 is 1.66 bits per heavy atom. The van der Waals surface area contributed by atoms with Crippen molar-refractivity contribution in [2.24, 2.45) is 0 Å². The smallest absolute Gasteiger partial charge is 0.210 e. The first-order valence-corrected chi connectivity index (χ1v) is 9.79. The van der Waals surface area contributed by atoms with Crippen LogP contribution in [0.5, 0.6) is 5.75 Å². The summed E-state index contributed by atoms with van der Waals surface area (Å²) in [4.78, 5) is 39.5. The molecule has 0 fully saturated rings. The fourth-order valence-electron chi connectivity index (χ4n) is 4.45. The number of rotatable bonds is 1. The Morgan fingerprint density at radius 1 is 0.897 bits per heavy atom. The highest BCUT2D eigenvalue weighted by molar-refractivity contribution is 6.30. The van der Waals surface area contributed by atoms with E-state index in [1.165, 1.54) is 18.2 Å². The van der Waals surface area contributed by atoms with E-state index in [9.17, 15) is 19.5 Å². The monoisotopic (exact) mass is 405 g/mol. The van der Waals surface area contributed by atoms with E-state index in [2.05, 4.69) is 5.32 Å². The number of dihydropyridines is 1. The van der Waals surface area contributed by atoms with Crippen LogP contribution in [0.1, 0.15) is 51.5 Å². The number of hydrogen-bond donors (Lipinski definition) is 2. The summed E-state index contributed by atoms with van der Waals surface area (Å²) in [6, 6.07) is 11.2. The number of phenols is 1. The van der Waals surface area contributed by atoms with Gasteiger partial charge in [-0.05, 0) is 48.7 Å². The maximum atomic E-state index is 13.4. The number of Topliss-reactive ketones (excluding diaryl/α,β-unsaturated/α-hetero) is 3. The number of hydrogen-bond acceptors (Lipinski definition) is 5. The number of aromatic hydroxyl groups is 1. The van der Waals surface area contributed by atoms with Crippen LogP contribution < -0.4 is 5.32 Å². The molecule has 0 saturated heterocycles. The third-order valence-corrected chi connectivity index (χ3v) is 6.00. The summed E-state index contributed by atoms with van der Waals surface area (Å²) >= 11 is 6.04. The van der Waals surface area contributed by atoms with Gasteiger partial charge in [-0.3, -0.25) is 14.4 Å². The molecule has 2 N–H and O–H groups in total. The minimum absolute atomic E-state index is 0.0120. The zero-order valence-corrected chi connectivity index (χ0v) is 16.0. The second kappa shape index (κ2) is 6.42. The van der Waals surface area contributed by atoms with Gasteiger partial charge in [-0.15, -0.1) is 0 Å². The maximum Gasteiger partial charge on any atom is 0.210 e. The average Bonchev–Trinajstić information content (AvgIpc) is 2.71. The normalized spacial score (nSPS) is 20.9. The largest absolute Gasteiger partial charge is 0.508 e. The summed E-state index contributed by atoms with van der Waals surface area (Å²) in [5, 5.41) is 13.4. The van der Waals surface area contributed by atoms with Crippen LogP contribution in [0.2, 0.25) is 5.02 Å². The van der Waals surface area contributed by atoms with Crippen LogP contribution in [0.15, 0.2) is 65.0 Å². The highest BCUT2D eigenvalue weighted by Gasteiger charge is 2.44. The molecule has 0 amide bonds. The van der Waals surface area contributed by atoms with Crippen LogP contribution in [0, 0.1) is 0 Å². The Balaban J connectivity index is 1.76. The fraction of sp³-hybridized carbons (Fsp3) is 0.174. The van der Waals surface area contributed by atoms with Crippen LogP contribution in [-0.4, -0.2) is 22.5 Å². The van der Waals surface area contributed by atoms with E-state index in [1.54, 1.807) is 24.3 Å². The van der Waals surface area contributed by atoms with Gasteiger partial charge in [0, 0.05) is 45.3 Å². The number of allylic oxidation sites excluding steroid dienone is 4. The van der Waals surface area contributed by atoms with Crippen molar-refractivity contribution in [1.29, 1.82) is 0 Å². The van der Waals surface area contributed by atoms with Gasteiger partial charge in [-0.2, -0.15) is 0 Å². The number of carbonyl (C=O) groups excluding carboxylic acids is 3. The van der Waals surface area contributed by atoms with E-state index in [4.69, 9.17) is 11.6 Å². The molecule has 6 heteroatoms. The van der Waals surface area contributed by atoms with Crippen molar-refractivity contribution in [3.8, 4) is 5.75 Å². The Labute approximate surface area is 171 Å². The van der Waals surface area contributed by atoms with Gasteiger partial charge in [0.1, 0.15) is 5.75 Å². The molecule has 0 spiro atoms. The Bertz CT molecular complexity index is 1170. The molecule has 1 heterocycles. The minimum Gasteiger partial charge on any atom is -0.508 e. The molecule has 2 aliphatic carbocycles. The lowest BCUT2D eigenvalue weighted by atomic mass is 9.70. The van der Waals surface area contributed by atoms with Crippen LogP contribution >= 0.6 is 11.6 Å². The van der Waals surface area contributed by atoms with Gasteiger partial charge in [0.25, 0.3) is 0 Å². The molecule has 0 aromatic heterocycles. The van der Waals surface area contributed by atoms with E-state index in [1.807, 2.05) is 0 Å². The minimum atomic E-state index is -0.621. The van der Waals surface area contributed by atoms with Gasteiger partial charge in [0.2, 0.25) is 5.78 Å². The summed E-state index contributed by atoms with van der Waals surface area (Å²) in [5.41, 5.74) is 2.88. The average molecular weight is 406 g/mol. The van der Waals surface area contributed by atoms with Gasteiger partial charge >= 0.3 is 0 Å². The molecular formula is C23H16ClNO4. The second-order valence-electron chi connectivity index (χ2n) is 7.46. The van der Waals surface area contributed by atoms with Crippen molar-refractivity contribution in [1.82, 2.24) is 5.32 Å². The third kappa shape index (κ3) is 2.65. The lowest BCUT2D eigenvalue weighted by Gasteiger charge is -2.36. The highest BCUT2D eigenvalue weighted by Crippen LogP contribution is 2.46. The molecule has 0 bridgehead atoms. The molecule has 3 aliphatic rings. The Morgan fingerprint density at radius 3 is 2.41 bits per heavy atom. The van der Waals surface area contributed by atoms with Crippen LogP contribution in [0.3, 0.4) is 0 Å². The van der Waals surface area contributed by atoms with Crippen LogP contribution in [-0.2, 0) is 4.79 Å². The predicted octanol–water partition coefficient (Wildman–Crippen LogP) is 4.07. The third-order valence-electron chi connectivity index (χ3n) is 5.75. The van der Waals surface area contributed by atoms with Gasteiger partial charge in [0.05, 0.1) is 5.70 Å². The van der Waals surface area contributed by atoms with Crippen LogP contribution in [0.4, 0.5) is 0 Å². The SMILES string of the molecule is O=C1CCCC2=C1C(c1ccc(Cl)cc1)C1=C(N2)C(=O)c2cc(O)ccc2C1=O. The van der Waals surface area contributed by atoms with Gasteiger partial charge in [-0.25, -0.2) is 0 Å². The van der Waals surface area contributed by atoms with Crippen molar-refractivity contribution in [3.63, 3.8) is 0 Å². The number of benzene rings is 2. The Kier molecular flexibility index (Phi) is 3.96. The topological polar surface area (TPSA) is 83.5 Å². The molecule has 5 rings (SSSR count). The number of carbonyl (C=O) groups is 3. The molecule has 144 valence electrons. The first-order valence-electron chi connectivity index (χ1n) is 9.41. The summed E-state index contributed by atoms with van der Waals surface area (Å²) in [5.74, 6) is -1.38. The fourth-order valence-corrected chi connectivity index (χ4v) is 4.57.